The number of ether oxygens (including phenoxy) is 1. The van der Waals surface area contributed by atoms with Crippen LogP contribution in [0.4, 0.5) is 0 Å². The average Bonchev–Trinajstić information content (AvgIpc) is 2.27. The number of likely N-dealkylation sites (N-methyl/N-ethyl adjacent to an activating group) is 2. The molecule has 1 atom stereocenters. The van der Waals surface area contributed by atoms with E-state index in [0.717, 1.165) is 19.7 Å². The SMILES string of the molecule is CCOCCN(CC)CC(C)(NC)C(N)=O. The van der Waals surface area contributed by atoms with Gasteiger partial charge >= 0.3 is 0 Å². The third kappa shape index (κ3) is 4.92. The van der Waals surface area contributed by atoms with Gasteiger partial charge in [0, 0.05) is 19.7 Å². The first-order chi connectivity index (χ1) is 7.50. The monoisotopic (exact) mass is 231 g/mol. The van der Waals surface area contributed by atoms with Gasteiger partial charge in [0.2, 0.25) is 5.91 Å². The maximum Gasteiger partial charge on any atom is 0.238 e. The lowest BCUT2D eigenvalue weighted by Gasteiger charge is -2.32. The number of rotatable bonds is 9. The fraction of sp³-hybridized carbons (Fsp3) is 0.909. The molecule has 0 saturated heterocycles. The highest BCUT2D eigenvalue weighted by molar-refractivity contribution is 5.84. The van der Waals surface area contributed by atoms with Crippen molar-refractivity contribution in [3.05, 3.63) is 0 Å². The van der Waals surface area contributed by atoms with Crippen LogP contribution in [0, 0.1) is 0 Å². The predicted molar refractivity (Wildman–Crippen MR) is 65.3 cm³/mol. The number of primary amides is 1. The summed E-state index contributed by atoms with van der Waals surface area (Å²) in [6.07, 6.45) is 0. The third-order valence-corrected chi connectivity index (χ3v) is 2.84. The first-order valence-corrected chi connectivity index (χ1v) is 5.79. The summed E-state index contributed by atoms with van der Waals surface area (Å²) in [5.41, 5.74) is 4.70. The van der Waals surface area contributed by atoms with Crippen LogP contribution in [0.15, 0.2) is 0 Å². The molecule has 5 nitrogen and oxygen atoms in total. The Bertz CT molecular complexity index is 211. The maximum atomic E-state index is 11.3. The Morgan fingerprint density at radius 2 is 2.12 bits per heavy atom. The molecule has 16 heavy (non-hydrogen) atoms. The van der Waals surface area contributed by atoms with Crippen molar-refractivity contribution in [1.82, 2.24) is 10.2 Å². The smallest absolute Gasteiger partial charge is 0.238 e. The summed E-state index contributed by atoms with van der Waals surface area (Å²) in [4.78, 5) is 13.5. The number of nitrogens with zero attached hydrogens (tertiary/aromatic N) is 1. The number of hydrogen-bond donors (Lipinski definition) is 2. The molecule has 0 rings (SSSR count). The number of amides is 1. The zero-order valence-corrected chi connectivity index (χ0v) is 10.9. The minimum Gasteiger partial charge on any atom is -0.380 e. The van der Waals surface area contributed by atoms with Crippen LogP contribution < -0.4 is 11.1 Å². The van der Waals surface area contributed by atoms with E-state index in [1.54, 1.807) is 7.05 Å². The number of hydrogen-bond acceptors (Lipinski definition) is 4. The van der Waals surface area contributed by atoms with Gasteiger partial charge in [0.05, 0.1) is 6.61 Å². The zero-order valence-electron chi connectivity index (χ0n) is 10.9. The standard InChI is InChI=1S/C11H25N3O2/c1-5-14(7-8-16-6-2)9-11(3,13-4)10(12)15/h13H,5-9H2,1-4H3,(H2,12,15). The molecule has 96 valence electrons. The van der Waals surface area contributed by atoms with Gasteiger partial charge in [-0.3, -0.25) is 9.69 Å². The fourth-order valence-corrected chi connectivity index (χ4v) is 1.41. The zero-order chi connectivity index (χ0) is 12.6. The molecule has 0 aromatic rings. The van der Waals surface area contributed by atoms with Crippen LogP contribution in [0.1, 0.15) is 20.8 Å². The Hall–Kier alpha value is -0.650. The van der Waals surface area contributed by atoms with E-state index in [0.29, 0.717) is 13.2 Å². The molecule has 1 unspecified atom stereocenters. The Morgan fingerprint density at radius 1 is 1.50 bits per heavy atom. The lowest BCUT2D eigenvalue weighted by molar-refractivity contribution is -0.124. The quantitative estimate of drug-likeness (QED) is 0.540. The van der Waals surface area contributed by atoms with Crippen molar-refractivity contribution >= 4 is 5.91 Å². The van der Waals surface area contributed by atoms with Crippen molar-refractivity contribution in [2.45, 2.75) is 26.3 Å². The maximum absolute atomic E-state index is 11.3. The Labute approximate surface area is 98.3 Å². The summed E-state index contributed by atoms with van der Waals surface area (Å²) in [5, 5.41) is 2.98. The molecule has 0 bridgehead atoms. The van der Waals surface area contributed by atoms with Gasteiger partial charge in [-0.1, -0.05) is 6.92 Å². The van der Waals surface area contributed by atoms with Crippen LogP contribution in [0.2, 0.25) is 0 Å². The summed E-state index contributed by atoms with van der Waals surface area (Å²) in [7, 11) is 1.75. The molecule has 0 aliphatic heterocycles. The lowest BCUT2D eigenvalue weighted by atomic mass is 10.0. The van der Waals surface area contributed by atoms with E-state index in [-0.39, 0.29) is 5.91 Å². The molecular formula is C11H25N3O2. The van der Waals surface area contributed by atoms with Gasteiger partial charge < -0.3 is 15.8 Å². The number of nitrogens with two attached hydrogens (primary N) is 1. The molecule has 0 aromatic heterocycles. The second kappa shape index (κ2) is 7.60. The van der Waals surface area contributed by atoms with Crippen LogP contribution in [0.5, 0.6) is 0 Å². The van der Waals surface area contributed by atoms with Gasteiger partial charge in [0.1, 0.15) is 5.54 Å². The molecule has 0 saturated carbocycles. The summed E-state index contributed by atoms with van der Waals surface area (Å²) in [6.45, 7) is 9.54. The fourth-order valence-electron chi connectivity index (χ4n) is 1.41. The number of carbonyl (C=O) groups is 1. The van der Waals surface area contributed by atoms with Gasteiger partial charge in [-0.15, -0.1) is 0 Å². The van der Waals surface area contributed by atoms with Crippen molar-refractivity contribution in [3.63, 3.8) is 0 Å². The summed E-state index contributed by atoms with van der Waals surface area (Å²) < 4.78 is 5.30. The van der Waals surface area contributed by atoms with Crippen molar-refractivity contribution in [3.8, 4) is 0 Å². The van der Waals surface area contributed by atoms with Crippen molar-refractivity contribution < 1.29 is 9.53 Å². The molecule has 0 spiro atoms. The highest BCUT2D eigenvalue weighted by Gasteiger charge is 2.30. The van der Waals surface area contributed by atoms with E-state index in [1.807, 2.05) is 13.8 Å². The average molecular weight is 231 g/mol. The normalized spacial score (nSPS) is 15.1. The third-order valence-electron chi connectivity index (χ3n) is 2.84. The predicted octanol–water partition coefficient (Wildman–Crippen LogP) is -0.192. The van der Waals surface area contributed by atoms with E-state index in [9.17, 15) is 4.79 Å². The van der Waals surface area contributed by atoms with Crippen LogP contribution in [0.3, 0.4) is 0 Å². The molecule has 0 radical (unpaired) electrons. The van der Waals surface area contributed by atoms with Gasteiger partial charge in [0.15, 0.2) is 0 Å². The van der Waals surface area contributed by atoms with Crippen LogP contribution in [-0.4, -0.2) is 56.2 Å². The number of carbonyl (C=O) groups excluding carboxylic acids is 1. The van der Waals surface area contributed by atoms with E-state index in [4.69, 9.17) is 10.5 Å². The first-order valence-electron chi connectivity index (χ1n) is 5.79. The molecular weight excluding hydrogens is 206 g/mol. The van der Waals surface area contributed by atoms with Gasteiger partial charge in [-0.05, 0) is 27.4 Å². The van der Waals surface area contributed by atoms with Crippen LogP contribution >= 0.6 is 0 Å². The largest absolute Gasteiger partial charge is 0.380 e. The molecule has 3 N–H and O–H groups in total. The minimum absolute atomic E-state index is 0.329. The molecule has 0 fully saturated rings. The summed E-state index contributed by atoms with van der Waals surface area (Å²) in [5.74, 6) is -0.329. The minimum atomic E-state index is -0.678. The molecule has 1 amide bonds. The second-order valence-electron chi connectivity index (χ2n) is 4.01. The van der Waals surface area contributed by atoms with Gasteiger partial charge in [-0.2, -0.15) is 0 Å². The van der Waals surface area contributed by atoms with Gasteiger partial charge in [0.25, 0.3) is 0 Å². The van der Waals surface area contributed by atoms with E-state index in [1.165, 1.54) is 0 Å². The van der Waals surface area contributed by atoms with E-state index >= 15 is 0 Å². The van der Waals surface area contributed by atoms with Crippen molar-refractivity contribution in [1.29, 1.82) is 0 Å². The Balaban J connectivity index is 4.22. The lowest BCUT2D eigenvalue weighted by Crippen LogP contribution is -2.58. The van der Waals surface area contributed by atoms with Crippen LogP contribution in [-0.2, 0) is 9.53 Å². The molecule has 0 aliphatic carbocycles. The first kappa shape index (κ1) is 15.3. The number of nitrogens with one attached hydrogen (secondary N) is 1. The summed E-state index contributed by atoms with van der Waals surface area (Å²) in [6, 6.07) is 0. The van der Waals surface area contributed by atoms with Crippen molar-refractivity contribution in [2.24, 2.45) is 5.73 Å². The highest BCUT2D eigenvalue weighted by Crippen LogP contribution is 2.05. The molecule has 0 aromatic carbocycles. The Kier molecular flexibility index (Phi) is 7.29. The van der Waals surface area contributed by atoms with Crippen molar-refractivity contribution in [2.75, 3.05) is 39.9 Å². The second-order valence-corrected chi connectivity index (χ2v) is 4.01. The van der Waals surface area contributed by atoms with Gasteiger partial charge in [-0.25, -0.2) is 0 Å². The Morgan fingerprint density at radius 3 is 2.50 bits per heavy atom. The molecule has 0 aliphatic rings. The van der Waals surface area contributed by atoms with Crippen LogP contribution in [0.25, 0.3) is 0 Å². The highest BCUT2D eigenvalue weighted by atomic mass is 16.5. The topological polar surface area (TPSA) is 67.6 Å². The summed E-state index contributed by atoms with van der Waals surface area (Å²) >= 11 is 0. The molecule has 5 heteroatoms. The van der Waals surface area contributed by atoms with E-state index < -0.39 is 5.54 Å². The molecule has 0 heterocycles. The van der Waals surface area contributed by atoms with E-state index in [2.05, 4.69) is 17.1 Å².